The summed E-state index contributed by atoms with van der Waals surface area (Å²) < 4.78 is 5.89. The molecular formula is C20H19NO2S. The summed E-state index contributed by atoms with van der Waals surface area (Å²) in [5, 5.41) is 3.13. The van der Waals surface area contributed by atoms with Crippen LogP contribution in [0.4, 0.5) is 5.69 Å². The molecule has 0 amide bonds. The molecule has 0 saturated carbocycles. The molecule has 3 aromatic rings. The molecule has 122 valence electrons. The molecule has 24 heavy (non-hydrogen) atoms. The van der Waals surface area contributed by atoms with E-state index in [0.717, 1.165) is 59.3 Å². The SMILES string of the molecule is Cc1c(-c2cccs2)c(=O)oc2c3c4c(cc12)CCCN4CCC3. The number of nitrogens with zero attached hydrogens (tertiary/aromatic N) is 1. The number of anilines is 1. The zero-order chi connectivity index (χ0) is 16.3. The van der Waals surface area contributed by atoms with Gasteiger partial charge in [0.05, 0.1) is 5.56 Å². The van der Waals surface area contributed by atoms with Crippen molar-refractivity contribution >= 4 is 28.0 Å². The molecule has 0 fully saturated rings. The van der Waals surface area contributed by atoms with Crippen molar-refractivity contribution in [1.29, 1.82) is 0 Å². The monoisotopic (exact) mass is 337 g/mol. The number of fused-ring (bicyclic) bond motifs is 2. The van der Waals surface area contributed by atoms with Crippen LogP contribution in [0.1, 0.15) is 29.5 Å². The van der Waals surface area contributed by atoms with Gasteiger partial charge in [0, 0.05) is 34.6 Å². The molecule has 3 nitrogen and oxygen atoms in total. The Morgan fingerprint density at radius 3 is 2.83 bits per heavy atom. The molecule has 2 aliphatic heterocycles. The van der Waals surface area contributed by atoms with Crippen molar-refractivity contribution in [3.8, 4) is 10.4 Å². The van der Waals surface area contributed by atoms with Gasteiger partial charge in [0.1, 0.15) is 5.58 Å². The lowest BCUT2D eigenvalue weighted by atomic mass is 9.88. The standard InChI is InChI=1S/C20H19NO2S/c1-12-15-11-13-5-2-8-21-9-3-6-14(18(13)21)19(15)23-20(22)17(12)16-7-4-10-24-16/h4,7,10-11H,2-3,5-6,8-9H2,1H3. The fourth-order valence-corrected chi connectivity index (χ4v) is 5.18. The third kappa shape index (κ3) is 1.92. The highest BCUT2D eigenvalue weighted by Gasteiger charge is 2.28. The van der Waals surface area contributed by atoms with Gasteiger partial charge in [-0.1, -0.05) is 6.07 Å². The fraction of sp³-hybridized carbons (Fsp3) is 0.350. The highest BCUT2D eigenvalue weighted by molar-refractivity contribution is 7.13. The van der Waals surface area contributed by atoms with Gasteiger partial charge in [-0.05, 0) is 61.2 Å². The van der Waals surface area contributed by atoms with Crippen LogP contribution in [0.3, 0.4) is 0 Å². The van der Waals surface area contributed by atoms with E-state index in [2.05, 4.69) is 17.9 Å². The van der Waals surface area contributed by atoms with Crippen LogP contribution in [0.25, 0.3) is 21.4 Å². The number of thiophene rings is 1. The number of aryl methyl sites for hydroxylation is 3. The Morgan fingerprint density at radius 1 is 1.21 bits per heavy atom. The van der Waals surface area contributed by atoms with E-state index in [9.17, 15) is 4.79 Å². The van der Waals surface area contributed by atoms with Crippen molar-refractivity contribution in [2.45, 2.75) is 32.6 Å². The van der Waals surface area contributed by atoms with Gasteiger partial charge in [-0.15, -0.1) is 11.3 Å². The van der Waals surface area contributed by atoms with E-state index in [1.807, 2.05) is 17.5 Å². The summed E-state index contributed by atoms with van der Waals surface area (Å²) in [5.41, 5.74) is 6.45. The molecule has 2 aromatic heterocycles. The first-order valence-corrected chi connectivity index (χ1v) is 9.53. The molecule has 0 aliphatic carbocycles. The van der Waals surface area contributed by atoms with Crippen LogP contribution in [0.2, 0.25) is 0 Å². The maximum atomic E-state index is 12.7. The van der Waals surface area contributed by atoms with E-state index in [0.29, 0.717) is 0 Å². The summed E-state index contributed by atoms with van der Waals surface area (Å²) in [4.78, 5) is 16.2. The van der Waals surface area contributed by atoms with Crippen molar-refractivity contribution < 1.29 is 4.42 Å². The summed E-state index contributed by atoms with van der Waals surface area (Å²) in [6.45, 7) is 4.32. The minimum absolute atomic E-state index is 0.202. The Balaban J connectivity index is 1.88. The topological polar surface area (TPSA) is 33.5 Å². The average Bonchev–Trinajstić information content (AvgIpc) is 3.11. The molecule has 0 spiro atoms. The Hall–Kier alpha value is -2.07. The van der Waals surface area contributed by atoms with E-state index in [4.69, 9.17) is 4.42 Å². The van der Waals surface area contributed by atoms with Crippen molar-refractivity contribution in [2.24, 2.45) is 0 Å². The first-order valence-electron chi connectivity index (χ1n) is 8.65. The molecule has 4 heterocycles. The Bertz CT molecular complexity index is 999. The highest BCUT2D eigenvalue weighted by Crippen LogP contribution is 2.41. The first-order chi connectivity index (χ1) is 11.7. The third-order valence-electron chi connectivity index (χ3n) is 5.42. The maximum absolute atomic E-state index is 12.7. The summed E-state index contributed by atoms with van der Waals surface area (Å²) in [7, 11) is 0. The molecule has 2 aliphatic rings. The molecule has 4 heteroatoms. The zero-order valence-corrected chi connectivity index (χ0v) is 14.5. The van der Waals surface area contributed by atoms with E-state index in [-0.39, 0.29) is 5.63 Å². The molecular weight excluding hydrogens is 318 g/mol. The molecule has 5 rings (SSSR count). The van der Waals surface area contributed by atoms with Gasteiger partial charge in [-0.3, -0.25) is 0 Å². The van der Waals surface area contributed by atoms with Crippen LogP contribution in [-0.2, 0) is 12.8 Å². The summed E-state index contributed by atoms with van der Waals surface area (Å²) in [6.07, 6.45) is 4.49. The minimum atomic E-state index is -0.202. The van der Waals surface area contributed by atoms with Gasteiger partial charge in [-0.25, -0.2) is 4.79 Å². The lowest BCUT2D eigenvalue weighted by Gasteiger charge is -2.37. The number of rotatable bonds is 1. The van der Waals surface area contributed by atoms with Crippen LogP contribution in [0.15, 0.2) is 32.8 Å². The summed E-state index contributed by atoms with van der Waals surface area (Å²) >= 11 is 1.59. The Labute approximate surface area is 144 Å². The second kappa shape index (κ2) is 5.21. The van der Waals surface area contributed by atoms with Gasteiger partial charge < -0.3 is 9.32 Å². The number of hydrogen-bond donors (Lipinski definition) is 0. The smallest absolute Gasteiger partial charge is 0.345 e. The van der Waals surface area contributed by atoms with E-state index < -0.39 is 0 Å². The van der Waals surface area contributed by atoms with Gasteiger partial charge in [-0.2, -0.15) is 0 Å². The molecule has 0 bridgehead atoms. The number of benzene rings is 1. The minimum Gasteiger partial charge on any atom is -0.422 e. The fourth-order valence-electron chi connectivity index (χ4n) is 4.36. The lowest BCUT2D eigenvalue weighted by molar-refractivity contribution is 0.551. The normalized spacial score (nSPS) is 16.5. The zero-order valence-electron chi connectivity index (χ0n) is 13.7. The summed E-state index contributed by atoms with van der Waals surface area (Å²) in [5.74, 6) is 0. The molecule has 0 unspecified atom stereocenters. The van der Waals surface area contributed by atoms with Crippen molar-refractivity contribution in [1.82, 2.24) is 0 Å². The number of hydrogen-bond acceptors (Lipinski definition) is 4. The van der Waals surface area contributed by atoms with E-state index in [1.165, 1.54) is 23.2 Å². The third-order valence-corrected chi connectivity index (χ3v) is 6.31. The van der Waals surface area contributed by atoms with E-state index >= 15 is 0 Å². The summed E-state index contributed by atoms with van der Waals surface area (Å²) in [6, 6.07) is 6.26. The van der Waals surface area contributed by atoms with Gasteiger partial charge in [0.15, 0.2) is 0 Å². The van der Waals surface area contributed by atoms with Crippen molar-refractivity contribution in [3.05, 3.63) is 50.7 Å². The van der Waals surface area contributed by atoms with Gasteiger partial charge in [0.2, 0.25) is 0 Å². The van der Waals surface area contributed by atoms with E-state index in [1.54, 1.807) is 11.3 Å². The van der Waals surface area contributed by atoms with Crippen molar-refractivity contribution in [3.63, 3.8) is 0 Å². The first kappa shape index (κ1) is 14.3. The Morgan fingerprint density at radius 2 is 2.04 bits per heavy atom. The lowest BCUT2D eigenvalue weighted by Crippen LogP contribution is -2.34. The second-order valence-corrected chi connectivity index (χ2v) is 7.75. The van der Waals surface area contributed by atoms with Crippen LogP contribution >= 0.6 is 11.3 Å². The van der Waals surface area contributed by atoms with Gasteiger partial charge >= 0.3 is 5.63 Å². The second-order valence-electron chi connectivity index (χ2n) is 6.80. The predicted octanol–water partition coefficient (Wildman–Crippen LogP) is 4.53. The molecule has 0 radical (unpaired) electrons. The quantitative estimate of drug-likeness (QED) is 0.612. The maximum Gasteiger partial charge on any atom is 0.345 e. The highest BCUT2D eigenvalue weighted by atomic mass is 32.1. The average molecular weight is 337 g/mol. The molecule has 0 N–H and O–H groups in total. The van der Waals surface area contributed by atoms with Crippen LogP contribution in [-0.4, -0.2) is 13.1 Å². The van der Waals surface area contributed by atoms with Crippen LogP contribution in [0, 0.1) is 6.92 Å². The molecule has 0 saturated heterocycles. The van der Waals surface area contributed by atoms with Crippen LogP contribution < -0.4 is 10.5 Å². The molecule has 0 atom stereocenters. The largest absolute Gasteiger partial charge is 0.422 e. The Kier molecular flexibility index (Phi) is 3.10. The van der Waals surface area contributed by atoms with Gasteiger partial charge in [0.25, 0.3) is 0 Å². The molecule has 1 aromatic carbocycles. The van der Waals surface area contributed by atoms with Crippen LogP contribution in [0.5, 0.6) is 0 Å². The van der Waals surface area contributed by atoms with Crippen molar-refractivity contribution in [2.75, 3.05) is 18.0 Å². The predicted molar refractivity (Wildman–Crippen MR) is 99.4 cm³/mol.